The highest BCUT2D eigenvalue weighted by molar-refractivity contribution is 9.10. The summed E-state index contributed by atoms with van der Waals surface area (Å²) >= 11 is 3.36. The van der Waals surface area contributed by atoms with E-state index in [4.69, 9.17) is 9.47 Å². The molecule has 1 N–H and O–H groups in total. The van der Waals surface area contributed by atoms with Crippen molar-refractivity contribution in [2.45, 2.75) is 13.2 Å². The van der Waals surface area contributed by atoms with Crippen molar-refractivity contribution in [2.24, 2.45) is 5.10 Å². The number of nitro groups is 1. The molecule has 0 bridgehead atoms. The molecule has 0 aromatic heterocycles. The van der Waals surface area contributed by atoms with Gasteiger partial charge in [-0.1, -0.05) is 22.0 Å². The monoisotopic (exact) mass is 535 g/mol. The van der Waals surface area contributed by atoms with Gasteiger partial charge < -0.3 is 9.47 Å². The quantitative estimate of drug-likeness (QED) is 0.116. The predicted molar refractivity (Wildman–Crippen MR) is 132 cm³/mol. The molecule has 3 aromatic carbocycles. The number of non-ortho nitro benzene ring substituents is 1. The Hall–Kier alpha value is -4.15. The lowest BCUT2D eigenvalue weighted by Gasteiger charge is -2.06. The third kappa shape index (κ3) is 6.25. The van der Waals surface area contributed by atoms with Gasteiger partial charge in [0.05, 0.1) is 24.4 Å². The van der Waals surface area contributed by atoms with E-state index in [1.165, 1.54) is 42.6 Å². The van der Waals surface area contributed by atoms with Crippen molar-refractivity contribution >= 4 is 45.8 Å². The van der Waals surface area contributed by atoms with Crippen LogP contribution in [0.4, 0.5) is 5.69 Å². The number of carbonyl (C=O) groups is 2. The number of nitrogens with zero attached hydrogens (tertiary/aromatic N) is 2. The minimum Gasteiger partial charge on any atom is -0.423 e. The Morgan fingerprint density at radius 3 is 2.60 bits per heavy atom. The molecule has 1 aliphatic heterocycles. The van der Waals surface area contributed by atoms with E-state index in [1.807, 2.05) is 6.07 Å². The summed E-state index contributed by atoms with van der Waals surface area (Å²) in [5.41, 5.74) is 5.99. The van der Waals surface area contributed by atoms with E-state index in [0.29, 0.717) is 29.9 Å². The van der Waals surface area contributed by atoms with Gasteiger partial charge in [-0.25, -0.2) is 10.2 Å². The highest BCUT2D eigenvalue weighted by Crippen LogP contribution is 2.23. The first-order chi connectivity index (χ1) is 16.9. The molecule has 0 fully saturated rings. The van der Waals surface area contributed by atoms with Gasteiger partial charge in [0.15, 0.2) is 0 Å². The van der Waals surface area contributed by atoms with Gasteiger partial charge in [-0.3, -0.25) is 14.9 Å². The maximum atomic E-state index is 12.4. The van der Waals surface area contributed by atoms with Crippen LogP contribution in [0.1, 0.15) is 32.6 Å². The molecule has 0 radical (unpaired) electrons. The highest BCUT2D eigenvalue weighted by Gasteiger charge is 2.14. The smallest absolute Gasteiger partial charge is 0.336 e. The van der Waals surface area contributed by atoms with Crippen molar-refractivity contribution < 1.29 is 24.0 Å². The summed E-state index contributed by atoms with van der Waals surface area (Å²) in [5, 5.41) is 14.7. The second-order valence-electron chi connectivity index (χ2n) is 7.46. The second-order valence-corrected chi connectivity index (χ2v) is 8.38. The number of halogens is 1. The van der Waals surface area contributed by atoms with Crippen LogP contribution in [0.3, 0.4) is 0 Å². The average Bonchev–Trinajstić information content (AvgIpc) is 3.32. The Labute approximate surface area is 208 Å². The summed E-state index contributed by atoms with van der Waals surface area (Å²) in [4.78, 5) is 35.0. The van der Waals surface area contributed by atoms with Crippen LogP contribution in [0.25, 0.3) is 6.08 Å². The molecule has 4 rings (SSSR count). The maximum Gasteiger partial charge on any atom is 0.336 e. The topological polar surface area (TPSA) is 120 Å². The number of rotatable bonds is 7. The van der Waals surface area contributed by atoms with Crippen LogP contribution in [0.5, 0.6) is 5.75 Å². The Kier molecular flexibility index (Phi) is 7.44. The van der Waals surface area contributed by atoms with Crippen LogP contribution in [0.2, 0.25) is 0 Å². The van der Waals surface area contributed by atoms with E-state index in [2.05, 4.69) is 26.5 Å². The second kappa shape index (κ2) is 10.9. The van der Waals surface area contributed by atoms with Gasteiger partial charge in [0, 0.05) is 33.8 Å². The van der Waals surface area contributed by atoms with Crippen LogP contribution in [-0.2, 0) is 22.7 Å². The molecule has 1 aliphatic rings. The SMILES string of the molecule is O=C(/C=C/c1ccc([N+](=O)[O-])cc1)Oc1ccc(Br)cc1C=NNC(=O)c1ccc2c(c1)COC2. The van der Waals surface area contributed by atoms with Gasteiger partial charge in [0.25, 0.3) is 11.6 Å². The third-order valence-corrected chi connectivity index (χ3v) is 5.54. The molecule has 9 nitrogen and oxygen atoms in total. The summed E-state index contributed by atoms with van der Waals surface area (Å²) in [7, 11) is 0. The molecule has 3 aromatic rings. The van der Waals surface area contributed by atoms with E-state index in [0.717, 1.165) is 15.6 Å². The molecular formula is C25H18BrN3O6. The number of hydrazone groups is 1. The summed E-state index contributed by atoms with van der Waals surface area (Å²) in [6.45, 7) is 1.02. The fourth-order valence-corrected chi connectivity index (χ4v) is 3.64. The Balaban J connectivity index is 1.40. The van der Waals surface area contributed by atoms with Gasteiger partial charge in [-0.15, -0.1) is 0 Å². The lowest BCUT2D eigenvalue weighted by molar-refractivity contribution is -0.384. The molecule has 0 saturated heterocycles. The molecular weight excluding hydrogens is 518 g/mol. The molecule has 1 amide bonds. The third-order valence-electron chi connectivity index (χ3n) is 5.05. The van der Waals surface area contributed by atoms with Crippen molar-refractivity contribution in [1.82, 2.24) is 5.43 Å². The molecule has 0 saturated carbocycles. The first-order valence-corrected chi connectivity index (χ1v) is 11.2. The summed E-state index contributed by atoms with van der Waals surface area (Å²) < 4.78 is 11.5. The van der Waals surface area contributed by atoms with Crippen molar-refractivity contribution in [1.29, 1.82) is 0 Å². The number of carbonyl (C=O) groups excluding carboxylic acids is 2. The number of esters is 1. The summed E-state index contributed by atoms with van der Waals surface area (Å²) in [5.74, 6) is -0.792. The lowest BCUT2D eigenvalue weighted by Crippen LogP contribution is -2.18. The van der Waals surface area contributed by atoms with Gasteiger partial charge in [-0.05, 0) is 65.2 Å². The predicted octanol–water partition coefficient (Wildman–Crippen LogP) is 4.77. The number of nitrogens with one attached hydrogen (secondary N) is 1. The van der Waals surface area contributed by atoms with Crippen LogP contribution in [0, 0.1) is 10.1 Å². The zero-order chi connectivity index (χ0) is 24.8. The van der Waals surface area contributed by atoms with Crippen LogP contribution < -0.4 is 10.2 Å². The van der Waals surface area contributed by atoms with E-state index < -0.39 is 10.9 Å². The minimum atomic E-state index is -0.648. The molecule has 1 heterocycles. The number of hydrogen-bond donors (Lipinski definition) is 1. The zero-order valence-corrected chi connectivity index (χ0v) is 19.7. The van der Waals surface area contributed by atoms with E-state index in [-0.39, 0.29) is 17.3 Å². The van der Waals surface area contributed by atoms with Gasteiger partial charge >= 0.3 is 5.97 Å². The highest BCUT2D eigenvalue weighted by atomic mass is 79.9. The van der Waals surface area contributed by atoms with Crippen molar-refractivity contribution in [2.75, 3.05) is 0 Å². The fraction of sp³-hybridized carbons (Fsp3) is 0.0800. The number of ether oxygens (including phenoxy) is 2. The van der Waals surface area contributed by atoms with Gasteiger partial charge in [0.1, 0.15) is 5.75 Å². The molecule has 176 valence electrons. The largest absolute Gasteiger partial charge is 0.423 e. The summed E-state index contributed by atoms with van der Waals surface area (Å²) in [6, 6.07) is 16.1. The maximum absolute atomic E-state index is 12.4. The zero-order valence-electron chi connectivity index (χ0n) is 18.1. The Morgan fingerprint density at radius 2 is 1.83 bits per heavy atom. The van der Waals surface area contributed by atoms with E-state index >= 15 is 0 Å². The van der Waals surface area contributed by atoms with Gasteiger partial charge in [0.2, 0.25) is 0 Å². The van der Waals surface area contributed by atoms with Gasteiger partial charge in [-0.2, -0.15) is 5.10 Å². The molecule has 0 atom stereocenters. The Morgan fingerprint density at radius 1 is 1.06 bits per heavy atom. The van der Waals surface area contributed by atoms with E-state index in [9.17, 15) is 19.7 Å². The fourth-order valence-electron chi connectivity index (χ4n) is 3.27. The lowest BCUT2D eigenvalue weighted by atomic mass is 10.1. The van der Waals surface area contributed by atoms with Crippen molar-refractivity contribution in [3.63, 3.8) is 0 Å². The van der Waals surface area contributed by atoms with Crippen molar-refractivity contribution in [3.05, 3.63) is 109 Å². The van der Waals surface area contributed by atoms with Crippen LogP contribution in [-0.4, -0.2) is 23.0 Å². The Bertz CT molecular complexity index is 1350. The van der Waals surface area contributed by atoms with Crippen molar-refractivity contribution in [3.8, 4) is 5.75 Å². The standard InChI is InChI=1S/C25H18BrN3O6/c26-21-6-9-23(35-24(30)10-3-16-1-7-22(8-2-16)29(32)33)19(12-21)13-27-28-25(31)17-4-5-18-14-34-15-20(18)11-17/h1-13H,14-15H2,(H,28,31)/b10-3+,27-13?. The number of amides is 1. The van der Waals surface area contributed by atoms with E-state index in [1.54, 1.807) is 30.3 Å². The summed E-state index contributed by atoms with van der Waals surface area (Å²) in [6.07, 6.45) is 4.08. The molecule has 10 heteroatoms. The van der Waals surface area contributed by atoms with Crippen LogP contribution in [0.15, 0.2) is 76.3 Å². The molecule has 0 unspecified atom stereocenters. The number of benzene rings is 3. The minimum absolute atomic E-state index is 0.0409. The van der Waals surface area contributed by atoms with Crippen LogP contribution >= 0.6 is 15.9 Å². The normalized spacial score (nSPS) is 12.6. The molecule has 35 heavy (non-hydrogen) atoms. The number of fused-ring (bicyclic) bond motifs is 1. The molecule has 0 spiro atoms. The number of nitro benzene ring substituents is 1. The number of hydrogen-bond acceptors (Lipinski definition) is 7. The first kappa shape index (κ1) is 24.0. The average molecular weight is 536 g/mol. The first-order valence-electron chi connectivity index (χ1n) is 10.4. The molecule has 0 aliphatic carbocycles.